The van der Waals surface area contributed by atoms with Crippen LogP contribution < -0.4 is 0 Å². The van der Waals surface area contributed by atoms with Gasteiger partial charge in [-0.2, -0.15) is 5.10 Å². The summed E-state index contributed by atoms with van der Waals surface area (Å²) in [6.07, 6.45) is -0.640. The smallest absolute Gasteiger partial charge is 0.173 e. The number of benzene rings is 1. The first kappa shape index (κ1) is 15.1. The van der Waals surface area contributed by atoms with Gasteiger partial charge in [0.15, 0.2) is 11.6 Å². The Bertz CT molecular complexity index is 628. The second-order valence-corrected chi connectivity index (χ2v) is 5.37. The minimum absolute atomic E-state index is 0.0377. The van der Waals surface area contributed by atoms with Crippen molar-refractivity contribution in [2.45, 2.75) is 32.9 Å². The van der Waals surface area contributed by atoms with Crippen LogP contribution in [0.1, 0.15) is 30.0 Å². The van der Waals surface area contributed by atoms with Crippen LogP contribution in [-0.4, -0.2) is 14.9 Å². The van der Waals surface area contributed by atoms with Crippen LogP contribution in [0.3, 0.4) is 0 Å². The number of hydrogen-bond donors (Lipinski definition) is 1. The van der Waals surface area contributed by atoms with Crippen LogP contribution in [0.25, 0.3) is 0 Å². The molecule has 0 spiro atoms. The van der Waals surface area contributed by atoms with Crippen LogP contribution in [0.5, 0.6) is 0 Å². The second-order valence-electron chi connectivity index (χ2n) is 4.58. The van der Waals surface area contributed by atoms with Crippen LogP contribution >= 0.6 is 15.9 Å². The topological polar surface area (TPSA) is 38.0 Å². The van der Waals surface area contributed by atoms with Gasteiger partial charge in [0.2, 0.25) is 0 Å². The molecule has 0 aliphatic heterocycles. The summed E-state index contributed by atoms with van der Waals surface area (Å²) in [5.41, 5.74) is 2.04. The minimum Gasteiger partial charge on any atom is -0.388 e. The summed E-state index contributed by atoms with van der Waals surface area (Å²) in [4.78, 5) is 0. The molecule has 1 aromatic heterocycles. The maximum Gasteiger partial charge on any atom is 0.173 e. The number of hydrogen-bond acceptors (Lipinski definition) is 2. The molecule has 1 N–H and O–H groups in total. The third kappa shape index (κ3) is 2.91. The van der Waals surface area contributed by atoms with Crippen LogP contribution in [-0.2, 0) is 13.0 Å². The molecule has 0 saturated heterocycles. The van der Waals surface area contributed by atoms with Gasteiger partial charge < -0.3 is 5.11 Å². The molecule has 0 aliphatic rings. The molecule has 1 aromatic carbocycles. The normalized spacial score (nSPS) is 12.7. The number of aliphatic hydroxyl groups excluding tert-OH is 1. The van der Waals surface area contributed by atoms with E-state index < -0.39 is 17.7 Å². The third-order valence-corrected chi connectivity index (χ3v) is 3.92. The van der Waals surface area contributed by atoms with Crippen molar-refractivity contribution < 1.29 is 13.9 Å². The Hall–Kier alpha value is -1.27. The number of rotatable bonds is 4. The lowest BCUT2D eigenvalue weighted by molar-refractivity contribution is 0.174. The molecule has 20 heavy (non-hydrogen) atoms. The van der Waals surface area contributed by atoms with Gasteiger partial charge in [-0.05, 0) is 47.5 Å². The van der Waals surface area contributed by atoms with Crippen molar-refractivity contribution in [1.82, 2.24) is 9.78 Å². The summed E-state index contributed by atoms with van der Waals surface area (Å²) in [6, 6.07) is 4.27. The van der Waals surface area contributed by atoms with Crippen molar-refractivity contribution in [2.24, 2.45) is 0 Å². The first-order valence-corrected chi connectivity index (χ1v) is 7.08. The summed E-state index contributed by atoms with van der Waals surface area (Å²) >= 11 is 2.99. The summed E-state index contributed by atoms with van der Waals surface area (Å²) in [5, 5.41) is 14.5. The van der Waals surface area contributed by atoms with Crippen LogP contribution in [0.2, 0.25) is 0 Å². The first-order chi connectivity index (χ1) is 9.43. The highest BCUT2D eigenvalue weighted by atomic mass is 79.9. The van der Waals surface area contributed by atoms with Gasteiger partial charge in [-0.3, -0.25) is 4.68 Å². The Morgan fingerprint density at radius 2 is 2.10 bits per heavy atom. The van der Waals surface area contributed by atoms with Crippen LogP contribution in [0.15, 0.2) is 22.7 Å². The van der Waals surface area contributed by atoms with E-state index in [0.717, 1.165) is 17.5 Å². The molecule has 0 aliphatic carbocycles. The van der Waals surface area contributed by atoms with Crippen LogP contribution in [0.4, 0.5) is 8.78 Å². The maximum atomic E-state index is 13.5. The monoisotopic (exact) mass is 344 g/mol. The maximum absolute atomic E-state index is 13.5. The minimum atomic E-state index is -0.985. The highest BCUT2D eigenvalue weighted by Gasteiger charge is 2.19. The lowest BCUT2D eigenvalue weighted by Gasteiger charge is -2.14. The molecule has 6 heteroatoms. The van der Waals surface area contributed by atoms with Crippen molar-refractivity contribution in [3.8, 4) is 0 Å². The van der Waals surface area contributed by atoms with E-state index in [1.54, 1.807) is 4.68 Å². The van der Waals surface area contributed by atoms with Gasteiger partial charge in [0.25, 0.3) is 0 Å². The van der Waals surface area contributed by atoms with E-state index in [4.69, 9.17) is 0 Å². The summed E-state index contributed by atoms with van der Waals surface area (Å²) in [5.74, 6) is -1.93. The highest BCUT2D eigenvalue weighted by Crippen LogP contribution is 2.29. The van der Waals surface area contributed by atoms with E-state index in [1.807, 2.05) is 19.9 Å². The van der Waals surface area contributed by atoms with Crippen molar-refractivity contribution in [3.63, 3.8) is 0 Å². The molecule has 108 valence electrons. The average molecular weight is 345 g/mol. The van der Waals surface area contributed by atoms with Crippen molar-refractivity contribution >= 4 is 15.9 Å². The number of nitrogens with zero attached hydrogens (tertiary/aromatic N) is 2. The first-order valence-electron chi connectivity index (χ1n) is 6.28. The van der Waals surface area contributed by atoms with Crippen molar-refractivity contribution in [1.29, 1.82) is 0 Å². The Labute approximate surface area is 124 Å². The van der Waals surface area contributed by atoms with E-state index in [0.29, 0.717) is 18.5 Å². The zero-order valence-electron chi connectivity index (χ0n) is 11.2. The fourth-order valence-electron chi connectivity index (χ4n) is 2.14. The highest BCUT2D eigenvalue weighted by molar-refractivity contribution is 9.10. The Morgan fingerprint density at radius 1 is 1.40 bits per heavy atom. The average Bonchev–Trinajstić information content (AvgIpc) is 2.76. The van der Waals surface area contributed by atoms with E-state index in [1.165, 1.54) is 6.07 Å². The molecule has 1 atom stereocenters. The zero-order valence-corrected chi connectivity index (χ0v) is 12.8. The zero-order chi connectivity index (χ0) is 14.9. The van der Waals surface area contributed by atoms with E-state index in [2.05, 4.69) is 21.0 Å². The number of aryl methyl sites for hydroxylation is 2. The molecular weight excluding hydrogens is 330 g/mol. The van der Waals surface area contributed by atoms with Gasteiger partial charge in [-0.15, -0.1) is 0 Å². The predicted octanol–water partition coefficient (Wildman–Crippen LogP) is 3.53. The predicted molar refractivity (Wildman–Crippen MR) is 75.4 cm³/mol. The standard InChI is InChI=1S/C14H15BrF2N2O/c1-3-19-9(6-8(2)18-19)7-12(20)10-4-5-11(16)14(17)13(10)15/h4-6,12,20H,3,7H2,1-2H3. The molecule has 0 fully saturated rings. The van der Waals surface area contributed by atoms with Gasteiger partial charge >= 0.3 is 0 Å². The molecule has 0 radical (unpaired) electrons. The fourth-order valence-corrected chi connectivity index (χ4v) is 2.73. The van der Waals surface area contributed by atoms with Gasteiger partial charge in [-0.25, -0.2) is 8.78 Å². The van der Waals surface area contributed by atoms with Crippen LogP contribution in [0, 0.1) is 18.6 Å². The largest absolute Gasteiger partial charge is 0.388 e. The fraction of sp³-hybridized carbons (Fsp3) is 0.357. The van der Waals surface area contributed by atoms with Gasteiger partial charge in [0.05, 0.1) is 16.3 Å². The van der Waals surface area contributed by atoms with Gasteiger partial charge in [0.1, 0.15) is 0 Å². The number of aliphatic hydroxyl groups is 1. The quantitative estimate of drug-likeness (QED) is 0.861. The molecule has 0 saturated carbocycles. The SMILES string of the molecule is CCn1nc(C)cc1CC(O)c1ccc(F)c(F)c1Br. The van der Waals surface area contributed by atoms with E-state index in [9.17, 15) is 13.9 Å². The summed E-state index contributed by atoms with van der Waals surface area (Å²) < 4.78 is 28.3. The molecule has 2 rings (SSSR count). The Morgan fingerprint density at radius 3 is 2.75 bits per heavy atom. The molecule has 2 aromatic rings. The van der Waals surface area contributed by atoms with Gasteiger partial charge in [0, 0.05) is 18.7 Å². The molecule has 0 amide bonds. The lowest BCUT2D eigenvalue weighted by Crippen LogP contribution is -2.09. The van der Waals surface area contributed by atoms with E-state index >= 15 is 0 Å². The van der Waals surface area contributed by atoms with Crippen molar-refractivity contribution in [2.75, 3.05) is 0 Å². The summed E-state index contributed by atoms with van der Waals surface area (Å²) in [6.45, 7) is 4.51. The lowest BCUT2D eigenvalue weighted by atomic mass is 10.0. The Balaban J connectivity index is 2.28. The number of halogens is 3. The molecule has 1 unspecified atom stereocenters. The Kier molecular flexibility index (Phi) is 4.55. The molecule has 0 bridgehead atoms. The number of aromatic nitrogens is 2. The third-order valence-electron chi connectivity index (χ3n) is 3.11. The molecule has 1 heterocycles. The van der Waals surface area contributed by atoms with Crippen molar-refractivity contribution in [3.05, 3.63) is 51.3 Å². The molecular formula is C14H15BrF2N2O. The summed E-state index contributed by atoms with van der Waals surface area (Å²) in [7, 11) is 0. The van der Waals surface area contributed by atoms with Gasteiger partial charge in [-0.1, -0.05) is 6.07 Å². The second kappa shape index (κ2) is 6.01. The molecule has 3 nitrogen and oxygen atoms in total. The van der Waals surface area contributed by atoms with E-state index in [-0.39, 0.29) is 4.47 Å².